The highest BCUT2D eigenvalue weighted by atomic mass is 79.9. The average Bonchev–Trinajstić information content (AvgIpc) is 2.69. The fourth-order valence-corrected chi connectivity index (χ4v) is 2.51. The molecule has 2 aromatic carbocycles. The standard InChI is InChI=1S/C15H10BrClN2O/c1-8-6-11-13(7-12(8)16)19-15(20)14(11)18-10-4-2-9(17)3-5-10/h2-7H,1H3,(H,18,19,20). The van der Waals surface area contributed by atoms with Gasteiger partial charge in [0, 0.05) is 15.1 Å². The van der Waals surface area contributed by atoms with Gasteiger partial charge in [0.2, 0.25) is 0 Å². The summed E-state index contributed by atoms with van der Waals surface area (Å²) >= 11 is 9.30. The van der Waals surface area contributed by atoms with Crippen molar-refractivity contribution < 1.29 is 4.79 Å². The van der Waals surface area contributed by atoms with Crippen LogP contribution in [0.1, 0.15) is 11.1 Å². The lowest BCUT2D eigenvalue weighted by Gasteiger charge is -2.03. The monoisotopic (exact) mass is 348 g/mol. The zero-order chi connectivity index (χ0) is 14.3. The quantitative estimate of drug-likeness (QED) is 0.810. The highest BCUT2D eigenvalue weighted by Crippen LogP contribution is 2.31. The van der Waals surface area contributed by atoms with Gasteiger partial charge >= 0.3 is 0 Å². The molecule has 3 nitrogen and oxygen atoms in total. The van der Waals surface area contributed by atoms with Crippen molar-refractivity contribution >= 4 is 50.5 Å². The summed E-state index contributed by atoms with van der Waals surface area (Å²) < 4.78 is 0.962. The van der Waals surface area contributed by atoms with E-state index < -0.39 is 0 Å². The van der Waals surface area contributed by atoms with Gasteiger partial charge in [0.25, 0.3) is 5.91 Å². The number of fused-ring (bicyclic) bond motifs is 1. The molecule has 1 N–H and O–H groups in total. The van der Waals surface area contributed by atoms with Gasteiger partial charge in [-0.05, 0) is 48.9 Å². The Labute approximate surface area is 129 Å². The van der Waals surface area contributed by atoms with Crippen LogP contribution in [0.3, 0.4) is 0 Å². The van der Waals surface area contributed by atoms with Crippen molar-refractivity contribution in [2.45, 2.75) is 6.92 Å². The van der Waals surface area contributed by atoms with Gasteiger partial charge in [0.15, 0.2) is 0 Å². The molecule has 0 saturated heterocycles. The number of carbonyl (C=O) groups excluding carboxylic acids is 1. The van der Waals surface area contributed by atoms with E-state index in [0.29, 0.717) is 16.4 Å². The van der Waals surface area contributed by atoms with Crippen molar-refractivity contribution in [3.05, 3.63) is 57.0 Å². The van der Waals surface area contributed by atoms with Crippen molar-refractivity contribution in [1.82, 2.24) is 0 Å². The molecule has 0 fully saturated rings. The highest BCUT2D eigenvalue weighted by Gasteiger charge is 2.26. The lowest BCUT2D eigenvalue weighted by molar-refractivity contribution is -0.110. The van der Waals surface area contributed by atoms with Crippen molar-refractivity contribution in [3.63, 3.8) is 0 Å². The van der Waals surface area contributed by atoms with Gasteiger partial charge in [-0.15, -0.1) is 0 Å². The first-order valence-electron chi connectivity index (χ1n) is 6.01. The van der Waals surface area contributed by atoms with Gasteiger partial charge < -0.3 is 5.32 Å². The van der Waals surface area contributed by atoms with Crippen LogP contribution in [0.4, 0.5) is 11.4 Å². The van der Waals surface area contributed by atoms with Crippen LogP contribution in [-0.4, -0.2) is 11.6 Å². The molecule has 0 aromatic heterocycles. The van der Waals surface area contributed by atoms with Crippen LogP contribution in [0.15, 0.2) is 45.9 Å². The Morgan fingerprint density at radius 1 is 1.20 bits per heavy atom. The smallest absolute Gasteiger partial charge is 0.275 e. The van der Waals surface area contributed by atoms with Gasteiger partial charge in [-0.1, -0.05) is 27.5 Å². The first-order chi connectivity index (χ1) is 9.54. The van der Waals surface area contributed by atoms with E-state index in [9.17, 15) is 4.79 Å². The minimum Gasteiger partial charge on any atom is -0.320 e. The number of halogens is 2. The van der Waals surface area contributed by atoms with E-state index in [-0.39, 0.29) is 5.91 Å². The number of amides is 1. The molecule has 3 rings (SSSR count). The molecule has 1 aliphatic heterocycles. The van der Waals surface area contributed by atoms with Crippen molar-refractivity contribution in [1.29, 1.82) is 0 Å². The number of rotatable bonds is 1. The van der Waals surface area contributed by atoms with E-state index in [2.05, 4.69) is 26.2 Å². The Morgan fingerprint density at radius 2 is 1.90 bits per heavy atom. The molecule has 0 spiro atoms. The molecule has 5 heteroatoms. The predicted molar refractivity (Wildman–Crippen MR) is 85.2 cm³/mol. The Bertz CT molecular complexity index is 738. The van der Waals surface area contributed by atoms with E-state index in [1.54, 1.807) is 24.3 Å². The summed E-state index contributed by atoms with van der Waals surface area (Å²) in [5.41, 5.74) is 3.79. The summed E-state index contributed by atoms with van der Waals surface area (Å²) in [6.45, 7) is 1.98. The maximum atomic E-state index is 12.0. The predicted octanol–water partition coefficient (Wildman–Crippen LogP) is 4.48. The molecule has 0 radical (unpaired) electrons. The van der Waals surface area contributed by atoms with E-state index in [0.717, 1.165) is 21.3 Å². The van der Waals surface area contributed by atoms with E-state index >= 15 is 0 Å². The second-order valence-corrected chi connectivity index (χ2v) is 5.83. The zero-order valence-electron chi connectivity index (χ0n) is 10.6. The second-order valence-electron chi connectivity index (χ2n) is 4.54. The molecule has 0 bridgehead atoms. The number of carbonyl (C=O) groups is 1. The normalized spacial score (nSPS) is 15.3. The van der Waals surface area contributed by atoms with Gasteiger partial charge in [0.1, 0.15) is 5.71 Å². The van der Waals surface area contributed by atoms with E-state index in [1.807, 2.05) is 19.1 Å². The third-order valence-corrected chi connectivity index (χ3v) is 4.19. The SMILES string of the molecule is Cc1cc2c(cc1Br)NC(=O)C2=Nc1ccc(Cl)cc1. The Hall–Kier alpha value is -1.65. The van der Waals surface area contributed by atoms with E-state index in [4.69, 9.17) is 11.6 Å². The van der Waals surface area contributed by atoms with Gasteiger partial charge in [-0.2, -0.15) is 0 Å². The first kappa shape index (κ1) is 13.3. The van der Waals surface area contributed by atoms with Crippen molar-refractivity contribution in [2.24, 2.45) is 4.99 Å². The number of hydrogen-bond donors (Lipinski definition) is 1. The Morgan fingerprint density at radius 3 is 2.60 bits per heavy atom. The average molecular weight is 350 g/mol. The molecule has 0 aliphatic carbocycles. The summed E-state index contributed by atoms with van der Waals surface area (Å²) in [6, 6.07) is 10.9. The number of hydrogen-bond acceptors (Lipinski definition) is 2. The number of benzene rings is 2. The molecule has 0 atom stereocenters. The minimum absolute atomic E-state index is 0.188. The summed E-state index contributed by atoms with van der Waals surface area (Å²) in [5, 5.41) is 3.46. The van der Waals surface area contributed by atoms with Crippen molar-refractivity contribution in [2.75, 3.05) is 5.32 Å². The van der Waals surface area contributed by atoms with Gasteiger partial charge in [0.05, 0.1) is 11.4 Å². The van der Waals surface area contributed by atoms with Gasteiger partial charge in [-0.25, -0.2) is 4.99 Å². The summed E-state index contributed by atoms with van der Waals surface area (Å²) in [4.78, 5) is 16.5. The number of nitrogens with zero attached hydrogens (tertiary/aromatic N) is 1. The number of aliphatic imine (C=N–C) groups is 1. The van der Waals surface area contributed by atoms with Crippen molar-refractivity contribution in [3.8, 4) is 0 Å². The molecule has 1 heterocycles. The lowest BCUT2D eigenvalue weighted by atomic mass is 10.1. The van der Waals surface area contributed by atoms with Crippen LogP contribution in [0.5, 0.6) is 0 Å². The zero-order valence-corrected chi connectivity index (χ0v) is 12.9. The molecule has 2 aromatic rings. The maximum absolute atomic E-state index is 12.0. The van der Waals surface area contributed by atoms with Crippen LogP contribution >= 0.6 is 27.5 Å². The molecular weight excluding hydrogens is 340 g/mol. The van der Waals surface area contributed by atoms with Crippen LogP contribution < -0.4 is 5.32 Å². The number of aryl methyl sites for hydroxylation is 1. The third kappa shape index (κ3) is 2.37. The second kappa shape index (κ2) is 5.04. The van der Waals surface area contributed by atoms with Crippen LogP contribution in [0.25, 0.3) is 0 Å². The lowest BCUT2D eigenvalue weighted by Crippen LogP contribution is -2.13. The number of nitrogens with one attached hydrogen (secondary N) is 1. The molecular formula is C15H10BrClN2O. The molecule has 0 saturated carbocycles. The Kier molecular flexibility index (Phi) is 3.36. The van der Waals surface area contributed by atoms with Crippen LogP contribution in [0, 0.1) is 6.92 Å². The first-order valence-corrected chi connectivity index (χ1v) is 7.18. The van der Waals surface area contributed by atoms with Gasteiger partial charge in [-0.3, -0.25) is 4.79 Å². The third-order valence-electron chi connectivity index (χ3n) is 3.08. The molecule has 20 heavy (non-hydrogen) atoms. The van der Waals surface area contributed by atoms with E-state index in [1.165, 1.54) is 0 Å². The topological polar surface area (TPSA) is 41.5 Å². The summed E-state index contributed by atoms with van der Waals surface area (Å²) in [6.07, 6.45) is 0. The number of anilines is 1. The fraction of sp³-hybridized carbons (Fsp3) is 0.0667. The Balaban J connectivity index is 2.10. The fourth-order valence-electron chi connectivity index (χ4n) is 2.04. The van der Waals surface area contributed by atoms with Crippen LogP contribution in [0.2, 0.25) is 5.02 Å². The summed E-state index contributed by atoms with van der Waals surface area (Å²) in [5.74, 6) is -0.188. The highest BCUT2D eigenvalue weighted by molar-refractivity contribution is 9.10. The minimum atomic E-state index is -0.188. The van der Waals surface area contributed by atoms with Crippen LogP contribution in [-0.2, 0) is 4.79 Å². The largest absolute Gasteiger partial charge is 0.320 e. The molecule has 1 amide bonds. The molecule has 100 valence electrons. The maximum Gasteiger partial charge on any atom is 0.275 e. The molecule has 0 unspecified atom stereocenters. The summed E-state index contributed by atoms with van der Waals surface area (Å²) in [7, 11) is 0. The molecule has 1 aliphatic rings.